The van der Waals surface area contributed by atoms with Crippen molar-refractivity contribution in [2.24, 2.45) is 0 Å². The molecule has 17 heavy (non-hydrogen) atoms. The third-order valence-corrected chi connectivity index (χ3v) is 4.96. The molecule has 2 aromatic rings. The van der Waals surface area contributed by atoms with Crippen molar-refractivity contribution in [2.75, 3.05) is 4.72 Å². The van der Waals surface area contributed by atoms with Crippen LogP contribution in [-0.2, 0) is 10.0 Å². The first-order chi connectivity index (χ1) is 7.99. The lowest BCUT2D eigenvalue weighted by Gasteiger charge is -2.08. The van der Waals surface area contributed by atoms with Gasteiger partial charge in [-0.2, -0.15) is 0 Å². The molecule has 0 saturated heterocycles. The van der Waals surface area contributed by atoms with Gasteiger partial charge in [-0.05, 0) is 29.6 Å². The largest absolute Gasteiger partial charge is 0.506 e. The minimum absolute atomic E-state index is 0.0610. The summed E-state index contributed by atoms with van der Waals surface area (Å²) in [5, 5.41) is 11.5. The van der Waals surface area contributed by atoms with Gasteiger partial charge in [0.25, 0.3) is 10.0 Å². The quantitative estimate of drug-likeness (QED) is 0.854. The van der Waals surface area contributed by atoms with Gasteiger partial charge in [0.05, 0.1) is 5.69 Å². The van der Waals surface area contributed by atoms with Crippen LogP contribution in [0, 0.1) is 0 Å². The Kier molecular flexibility index (Phi) is 3.28. The second kappa shape index (κ2) is 4.56. The number of aromatic hydroxyl groups is 1. The molecule has 1 heterocycles. The van der Waals surface area contributed by atoms with Gasteiger partial charge in [0.2, 0.25) is 0 Å². The predicted molar refractivity (Wildman–Crippen MR) is 68.2 cm³/mol. The van der Waals surface area contributed by atoms with E-state index >= 15 is 0 Å². The van der Waals surface area contributed by atoms with Crippen LogP contribution in [0.25, 0.3) is 0 Å². The number of rotatable bonds is 3. The molecular formula is C10H8ClNO3S2. The lowest BCUT2D eigenvalue weighted by molar-refractivity contribution is 0.477. The summed E-state index contributed by atoms with van der Waals surface area (Å²) in [6, 6.07) is 7.27. The molecular weight excluding hydrogens is 282 g/mol. The maximum atomic E-state index is 11.9. The summed E-state index contributed by atoms with van der Waals surface area (Å²) in [4.78, 5) is 0. The number of halogens is 1. The molecule has 0 unspecified atom stereocenters. The third-order valence-electron chi connectivity index (χ3n) is 1.96. The number of hydrogen-bond donors (Lipinski definition) is 2. The van der Waals surface area contributed by atoms with E-state index in [4.69, 9.17) is 11.6 Å². The van der Waals surface area contributed by atoms with Crippen molar-refractivity contribution in [2.45, 2.75) is 4.21 Å². The first kappa shape index (κ1) is 12.2. The van der Waals surface area contributed by atoms with Gasteiger partial charge in [-0.3, -0.25) is 4.72 Å². The van der Waals surface area contributed by atoms with Gasteiger partial charge >= 0.3 is 0 Å². The minimum Gasteiger partial charge on any atom is -0.506 e. The van der Waals surface area contributed by atoms with Crippen LogP contribution in [0.5, 0.6) is 5.75 Å². The maximum Gasteiger partial charge on any atom is 0.271 e. The van der Waals surface area contributed by atoms with Crippen LogP contribution in [0.4, 0.5) is 5.69 Å². The van der Waals surface area contributed by atoms with Crippen LogP contribution < -0.4 is 4.72 Å². The second-order valence-corrected chi connectivity index (χ2v) is 6.49. The van der Waals surface area contributed by atoms with E-state index in [1.165, 1.54) is 24.3 Å². The van der Waals surface area contributed by atoms with Gasteiger partial charge in [0.1, 0.15) is 9.96 Å². The van der Waals surface area contributed by atoms with Gasteiger partial charge in [-0.15, -0.1) is 11.3 Å². The van der Waals surface area contributed by atoms with Gasteiger partial charge < -0.3 is 5.11 Å². The van der Waals surface area contributed by atoms with Gasteiger partial charge in [-0.1, -0.05) is 17.7 Å². The Morgan fingerprint density at radius 2 is 2.06 bits per heavy atom. The van der Waals surface area contributed by atoms with Crippen molar-refractivity contribution in [3.05, 3.63) is 40.7 Å². The number of phenols is 1. The van der Waals surface area contributed by atoms with Crippen LogP contribution in [0.15, 0.2) is 39.9 Å². The summed E-state index contributed by atoms with van der Waals surface area (Å²) in [6.45, 7) is 0. The van der Waals surface area contributed by atoms with Crippen LogP contribution in [0.1, 0.15) is 0 Å². The Balaban J connectivity index is 2.36. The fraction of sp³-hybridized carbons (Fsp3) is 0. The van der Waals surface area contributed by atoms with E-state index in [0.29, 0.717) is 5.02 Å². The Labute approximate surface area is 108 Å². The van der Waals surface area contributed by atoms with Crippen molar-refractivity contribution in [3.63, 3.8) is 0 Å². The molecule has 0 saturated carbocycles. The van der Waals surface area contributed by atoms with Crippen molar-refractivity contribution >= 4 is 38.6 Å². The number of nitrogens with one attached hydrogen (secondary N) is 1. The summed E-state index contributed by atoms with van der Waals surface area (Å²) in [5.74, 6) is -0.172. The smallest absolute Gasteiger partial charge is 0.271 e. The molecule has 0 aliphatic rings. The lowest BCUT2D eigenvalue weighted by atomic mass is 10.3. The molecule has 0 aliphatic heterocycles. The molecule has 7 heteroatoms. The highest BCUT2D eigenvalue weighted by Gasteiger charge is 2.16. The molecule has 0 radical (unpaired) electrons. The average Bonchev–Trinajstić information content (AvgIpc) is 2.77. The fourth-order valence-corrected chi connectivity index (χ4v) is 3.43. The highest BCUT2D eigenvalue weighted by molar-refractivity contribution is 7.94. The van der Waals surface area contributed by atoms with Crippen molar-refractivity contribution in [1.82, 2.24) is 0 Å². The summed E-state index contributed by atoms with van der Waals surface area (Å²) in [7, 11) is -3.66. The summed E-state index contributed by atoms with van der Waals surface area (Å²) < 4.78 is 26.2. The monoisotopic (exact) mass is 289 g/mol. The molecule has 2 rings (SSSR count). The van der Waals surface area contributed by atoms with Gasteiger partial charge in [0.15, 0.2) is 0 Å². The van der Waals surface area contributed by atoms with Gasteiger partial charge in [0, 0.05) is 5.02 Å². The van der Waals surface area contributed by atoms with E-state index in [2.05, 4.69) is 4.72 Å². The van der Waals surface area contributed by atoms with Crippen molar-refractivity contribution < 1.29 is 13.5 Å². The highest BCUT2D eigenvalue weighted by atomic mass is 35.5. The zero-order valence-electron chi connectivity index (χ0n) is 8.42. The maximum absolute atomic E-state index is 11.9. The number of sulfonamides is 1. The molecule has 0 fully saturated rings. The van der Waals surface area contributed by atoms with E-state index in [-0.39, 0.29) is 15.6 Å². The van der Waals surface area contributed by atoms with Gasteiger partial charge in [-0.25, -0.2) is 8.42 Å². The third kappa shape index (κ3) is 2.71. The minimum atomic E-state index is -3.66. The standard InChI is InChI=1S/C10H8ClNO3S2/c11-7-3-4-9(13)8(6-7)12-17(14,15)10-2-1-5-16-10/h1-6,12-13H. The molecule has 2 N–H and O–H groups in total. The van der Waals surface area contributed by atoms with E-state index < -0.39 is 10.0 Å². The van der Waals surface area contributed by atoms with E-state index in [0.717, 1.165) is 11.3 Å². The molecule has 1 aromatic heterocycles. The molecule has 0 atom stereocenters. The van der Waals surface area contributed by atoms with Crippen molar-refractivity contribution in [1.29, 1.82) is 0 Å². The predicted octanol–water partition coefficient (Wildman–Crippen LogP) is 2.91. The molecule has 0 amide bonds. The molecule has 4 nitrogen and oxygen atoms in total. The summed E-state index contributed by atoms with van der Waals surface area (Å²) in [5.41, 5.74) is 0.0610. The zero-order valence-corrected chi connectivity index (χ0v) is 10.8. The Bertz CT molecular complexity index is 623. The van der Waals surface area contributed by atoms with Crippen molar-refractivity contribution in [3.8, 4) is 5.75 Å². The normalized spacial score (nSPS) is 11.4. The SMILES string of the molecule is O=S(=O)(Nc1cc(Cl)ccc1O)c1cccs1. The van der Waals surface area contributed by atoms with Crippen LogP contribution in [-0.4, -0.2) is 13.5 Å². The number of phenolic OH excluding ortho intramolecular Hbond substituents is 1. The van der Waals surface area contributed by atoms with E-state index in [9.17, 15) is 13.5 Å². The Hall–Kier alpha value is -1.24. The highest BCUT2D eigenvalue weighted by Crippen LogP contribution is 2.29. The van der Waals surface area contributed by atoms with Crippen LogP contribution in [0.2, 0.25) is 5.02 Å². The Morgan fingerprint density at radius 1 is 1.29 bits per heavy atom. The van der Waals surface area contributed by atoms with Crippen LogP contribution in [0.3, 0.4) is 0 Å². The number of thiophene rings is 1. The van der Waals surface area contributed by atoms with E-state index in [1.54, 1.807) is 11.4 Å². The fourth-order valence-electron chi connectivity index (χ4n) is 1.20. The summed E-state index contributed by atoms with van der Waals surface area (Å²) in [6.07, 6.45) is 0. The number of benzene rings is 1. The molecule has 90 valence electrons. The zero-order chi connectivity index (χ0) is 12.5. The number of hydrogen-bond acceptors (Lipinski definition) is 4. The molecule has 0 spiro atoms. The molecule has 0 aliphatic carbocycles. The first-order valence-electron chi connectivity index (χ1n) is 4.54. The Morgan fingerprint density at radius 3 is 2.71 bits per heavy atom. The topological polar surface area (TPSA) is 66.4 Å². The lowest BCUT2D eigenvalue weighted by Crippen LogP contribution is -2.11. The van der Waals surface area contributed by atoms with Crippen LogP contribution >= 0.6 is 22.9 Å². The molecule has 1 aromatic carbocycles. The second-order valence-electron chi connectivity index (χ2n) is 3.20. The molecule has 0 bridgehead atoms. The average molecular weight is 290 g/mol. The first-order valence-corrected chi connectivity index (χ1v) is 7.28. The number of anilines is 1. The summed E-state index contributed by atoms with van der Waals surface area (Å²) >= 11 is 6.82. The van der Waals surface area contributed by atoms with E-state index in [1.807, 2.05) is 0 Å².